The summed E-state index contributed by atoms with van der Waals surface area (Å²) in [5.41, 5.74) is 2.70. The number of aromatic nitrogens is 1. The first-order valence-corrected chi connectivity index (χ1v) is 6.17. The molecule has 1 aromatic carbocycles. The molecule has 1 aliphatic heterocycles. The predicted molar refractivity (Wildman–Crippen MR) is 69.7 cm³/mol. The average Bonchev–Trinajstić information content (AvgIpc) is 2.65. The van der Waals surface area contributed by atoms with E-state index in [4.69, 9.17) is 4.42 Å². The third-order valence-electron chi connectivity index (χ3n) is 3.71. The predicted octanol–water partition coefficient (Wildman–Crippen LogP) is 0.708. The molecule has 18 heavy (non-hydrogen) atoms. The van der Waals surface area contributed by atoms with E-state index in [2.05, 4.69) is 23.3 Å². The second kappa shape index (κ2) is 4.26. The summed E-state index contributed by atoms with van der Waals surface area (Å²) >= 11 is 0. The number of aryl methyl sites for hydroxylation is 1. The van der Waals surface area contributed by atoms with Crippen LogP contribution in [0.1, 0.15) is 11.6 Å². The second-order valence-corrected chi connectivity index (χ2v) is 4.85. The highest BCUT2D eigenvalue weighted by atomic mass is 16.4. The number of piperazine rings is 1. The topological polar surface area (TPSA) is 50.4 Å². The molecule has 1 N–H and O–H groups in total. The normalized spacial score (nSPS) is 21.6. The molecular weight excluding hydrogens is 230 g/mol. The van der Waals surface area contributed by atoms with E-state index in [1.54, 1.807) is 7.05 Å². The lowest BCUT2D eigenvalue weighted by molar-refractivity contribution is 0.202. The Hall–Kier alpha value is -1.59. The molecule has 2 heterocycles. The van der Waals surface area contributed by atoms with Crippen molar-refractivity contribution in [2.45, 2.75) is 6.04 Å². The zero-order valence-electron chi connectivity index (χ0n) is 10.6. The lowest BCUT2D eigenvalue weighted by Crippen LogP contribution is -2.43. The fourth-order valence-electron chi connectivity index (χ4n) is 2.54. The van der Waals surface area contributed by atoms with Gasteiger partial charge in [0.05, 0.1) is 5.52 Å². The number of fused-ring (bicyclic) bond motifs is 1. The van der Waals surface area contributed by atoms with Crippen molar-refractivity contribution >= 4 is 11.1 Å². The minimum absolute atomic E-state index is 0.308. The molecule has 2 aromatic rings. The first-order chi connectivity index (χ1) is 8.66. The van der Waals surface area contributed by atoms with Gasteiger partial charge in [0.25, 0.3) is 0 Å². The van der Waals surface area contributed by atoms with Gasteiger partial charge < -0.3 is 9.73 Å². The Labute approximate surface area is 105 Å². The SMILES string of the molecule is CN1CCNCC1c1ccc2c(c1)oc(=O)n2C. The van der Waals surface area contributed by atoms with E-state index >= 15 is 0 Å². The second-order valence-electron chi connectivity index (χ2n) is 4.85. The van der Waals surface area contributed by atoms with Crippen molar-refractivity contribution in [3.8, 4) is 0 Å². The van der Waals surface area contributed by atoms with Gasteiger partial charge >= 0.3 is 5.76 Å². The van der Waals surface area contributed by atoms with Gasteiger partial charge in [-0.05, 0) is 24.7 Å². The molecule has 1 aliphatic rings. The molecule has 1 saturated heterocycles. The maximum absolute atomic E-state index is 11.5. The van der Waals surface area contributed by atoms with E-state index in [9.17, 15) is 4.79 Å². The zero-order chi connectivity index (χ0) is 12.7. The van der Waals surface area contributed by atoms with Crippen molar-refractivity contribution in [3.05, 3.63) is 34.3 Å². The number of nitrogens with zero attached hydrogens (tertiary/aromatic N) is 2. The average molecular weight is 247 g/mol. The van der Waals surface area contributed by atoms with E-state index in [0.29, 0.717) is 11.6 Å². The summed E-state index contributed by atoms with van der Waals surface area (Å²) in [5.74, 6) is -0.308. The number of nitrogens with one attached hydrogen (secondary N) is 1. The Morgan fingerprint density at radius 2 is 2.22 bits per heavy atom. The summed E-state index contributed by atoms with van der Waals surface area (Å²) in [6, 6.07) is 6.35. The summed E-state index contributed by atoms with van der Waals surface area (Å²) in [5, 5.41) is 3.39. The lowest BCUT2D eigenvalue weighted by Gasteiger charge is -2.33. The minimum Gasteiger partial charge on any atom is -0.408 e. The number of likely N-dealkylation sites (N-methyl/N-ethyl adjacent to an activating group) is 1. The Kier molecular flexibility index (Phi) is 2.72. The van der Waals surface area contributed by atoms with Gasteiger partial charge in [-0.3, -0.25) is 9.47 Å². The fourth-order valence-corrected chi connectivity index (χ4v) is 2.54. The molecule has 96 valence electrons. The van der Waals surface area contributed by atoms with Crippen LogP contribution in [0.25, 0.3) is 11.1 Å². The molecule has 3 rings (SSSR count). The molecule has 1 fully saturated rings. The van der Waals surface area contributed by atoms with E-state index < -0.39 is 0 Å². The Morgan fingerprint density at radius 3 is 3.00 bits per heavy atom. The first-order valence-electron chi connectivity index (χ1n) is 6.17. The molecule has 1 atom stereocenters. The van der Waals surface area contributed by atoms with Gasteiger partial charge in [-0.15, -0.1) is 0 Å². The van der Waals surface area contributed by atoms with Gasteiger partial charge in [-0.1, -0.05) is 6.07 Å². The molecule has 0 radical (unpaired) electrons. The highest BCUT2D eigenvalue weighted by Crippen LogP contribution is 2.24. The highest BCUT2D eigenvalue weighted by Gasteiger charge is 2.21. The Balaban J connectivity index is 2.05. The van der Waals surface area contributed by atoms with E-state index in [1.165, 1.54) is 10.1 Å². The van der Waals surface area contributed by atoms with Crippen molar-refractivity contribution in [1.29, 1.82) is 0 Å². The van der Waals surface area contributed by atoms with Crippen LogP contribution in [0.5, 0.6) is 0 Å². The summed E-state index contributed by atoms with van der Waals surface area (Å²) in [6.45, 7) is 2.98. The zero-order valence-corrected chi connectivity index (χ0v) is 10.6. The van der Waals surface area contributed by atoms with Crippen LogP contribution in [0, 0.1) is 0 Å². The third kappa shape index (κ3) is 1.76. The van der Waals surface area contributed by atoms with Crippen LogP contribution < -0.4 is 11.1 Å². The molecule has 0 bridgehead atoms. The van der Waals surface area contributed by atoms with Gasteiger partial charge in [0.1, 0.15) is 0 Å². The van der Waals surface area contributed by atoms with E-state index in [1.807, 2.05) is 12.1 Å². The number of benzene rings is 1. The first kappa shape index (κ1) is 11.5. The van der Waals surface area contributed by atoms with Crippen molar-refractivity contribution in [1.82, 2.24) is 14.8 Å². The molecule has 5 nitrogen and oxygen atoms in total. The smallest absolute Gasteiger partial charge is 0.408 e. The minimum atomic E-state index is -0.308. The van der Waals surface area contributed by atoms with Crippen molar-refractivity contribution in [2.24, 2.45) is 7.05 Å². The monoisotopic (exact) mass is 247 g/mol. The molecule has 0 amide bonds. The molecule has 0 saturated carbocycles. The molecule has 5 heteroatoms. The van der Waals surface area contributed by atoms with E-state index in [0.717, 1.165) is 25.2 Å². The number of hydrogen-bond acceptors (Lipinski definition) is 4. The van der Waals surface area contributed by atoms with Gasteiger partial charge in [-0.2, -0.15) is 0 Å². The van der Waals surface area contributed by atoms with Crippen LogP contribution in [-0.4, -0.2) is 36.1 Å². The molecule has 0 spiro atoms. The third-order valence-corrected chi connectivity index (χ3v) is 3.71. The van der Waals surface area contributed by atoms with Crippen molar-refractivity contribution in [2.75, 3.05) is 26.7 Å². The van der Waals surface area contributed by atoms with Crippen LogP contribution in [0.2, 0.25) is 0 Å². The van der Waals surface area contributed by atoms with Crippen molar-refractivity contribution < 1.29 is 4.42 Å². The molecular formula is C13H17N3O2. The van der Waals surface area contributed by atoms with Gasteiger partial charge in [0, 0.05) is 32.7 Å². The fraction of sp³-hybridized carbons (Fsp3) is 0.462. The molecule has 0 aliphatic carbocycles. The van der Waals surface area contributed by atoms with Crippen LogP contribution in [-0.2, 0) is 7.05 Å². The van der Waals surface area contributed by atoms with Crippen LogP contribution in [0.4, 0.5) is 0 Å². The van der Waals surface area contributed by atoms with Gasteiger partial charge in [0.2, 0.25) is 0 Å². The summed E-state index contributed by atoms with van der Waals surface area (Å²) < 4.78 is 6.76. The maximum atomic E-state index is 11.5. The Bertz CT molecular complexity index is 629. The van der Waals surface area contributed by atoms with Gasteiger partial charge in [-0.25, -0.2) is 4.79 Å². The summed E-state index contributed by atoms with van der Waals surface area (Å²) in [4.78, 5) is 13.8. The summed E-state index contributed by atoms with van der Waals surface area (Å²) in [6.07, 6.45) is 0. The molecule has 1 unspecified atom stereocenters. The molecule has 1 aromatic heterocycles. The number of hydrogen-bond donors (Lipinski definition) is 1. The quantitative estimate of drug-likeness (QED) is 0.806. The standard InChI is InChI=1S/C13H17N3O2/c1-15-6-5-14-8-11(15)9-3-4-10-12(7-9)18-13(17)16(10)2/h3-4,7,11,14H,5-6,8H2,1-2H3. The Morgan fingerprint density at radius 1 is 1.39 bits per heavy atom. The number of oxazole rings is 1. The summed E-state index contributed by atoms with van der Waals surface area (Å²) in [7, 11) is 3.85. The van der Waals surface area contributed by atoms with E-state index in [-0.39, 0.29) is 5.76 Å². The maximum Gasteiger partial charge on any atom is 0.419 e. The van der Waals surface area contributed by atoms with Crippen molar-refractivity contribution in [3.63, 3.8) is 0 Å². The number of rotatable bonds is 1. The van der Waals surface area contributed by atoms with Crippen LogP contribution >= 0.6 is 0 Å². The lowest BCUT2D eigenvalue weighted by atomic mass is 10.0. The largest absolute Gasteiger partial charge is 0.419 e. The van der Waals surface area contributed by atoms with Crippen LogP contribution in [0.3, 0.4) is 0 Å². The van der Waals surface area contributed by atoms with Gasteiger partial charge in [0.15, 0.2) is 5.58 Å². The van der Waals surface area contributed by atoms with Crippen LogP contribution in [0.15, 0.2) is 27.4 Å². The highest BCUT2D eigenvalue weighted by molar-refractivity contribution is 5.73.